The van der Waals surface area contributed by atoms with E-state index in [-0.39, 0.29) is 11.7 Å². The van der Waals surface area contributed by atoms with Gasteiger partial charge in [-0.25, -0.2) is 4.39 Å². The predicted molar refractivity (Wildman–Crippen MR) is 107 cm³/mol. The van der Waals surface area contributed by atoms with Gasteiger partial charge < -0.3 is 19.5 Å². The van der Waals surface area contributed by atoms with E-state index in [4.69, 9.17) is 14.2 Å². The van der Waals surface area contributed by atoms with Crippen LogP contribution in [0.2, 0.25) is 0 Å². The number of methoxy groups -OCH3 is 1. The number of amides is 1. The molecule has 1 N–H and O–H groups in total. The molecule has 0 saturated heterocycles. The van der Waals surface area contributed by atoms with Crippen molar-refractivity contribution in [3.8, 4) is 17.2 Å². The van der Waals surface area contributed by atoms with Crippen molar-refractivity contribution >= 4 is 5.91 Å². The van der Waals surface area contributed by atoms with E-state index in [1.54, 1.807) is 7.11 Å². The predicted octanol–water partition coefficient (Wildman–Crippen LogP) is 4.14. The van der Waals surface area contributed by atoms with Crippen LogP contribution in [0.25, 0.3) is 0 Å². The van der Waals surface area contributed by atoms with E-state index in [0.717, 1.165) is 24.2 Å². The molecule has 0 radical (unpaired) electrons. The highest BCUT2D eigenvalue weighted by Crippen LogP contribution is 2.28. The third-order valence-corrected chi connectivity index (χ3v) is 4.22. The smallest absolute Gasteiger partial charge is 0.261 e. The fourth-order valence-electron chi connectivity index (χ4n) is 2.76. The van der Waals surface area contributed by atoms with Crippen LogP contribution in [-0.2, 0) is 11.2 Å². The third kappa shape index (κ3) is 6.44. The molecule has 0 aliphatic rings. The molecule has 28 heavy (non-hydrogen) atoms. The highest BCUT2D eigenvalue weighted by atomic mass is 19.1. The zero-order chi connectivity index (χ0) is 20.4. The third-order valence-electron chi connectivity index (χ3n) is 4.22. The zero-order valence-electron chi connectivity index (χ0n) is 16.7. The van der Waals surface area contributed by atoms with Gasteiger partial charge in [0, 0.05) is 6.54 Å². The summed E-state index contributed by atoms with van der Waals surface area (Å²) in [5.74, 6) is 1.41. The molecule has 2 rings (SSSR count). The Bertz CT molecular complexity index is 749. The second-order valence-electron chi connectivity index (χ2n) is 6.28. The first-order valence-corrected chi connectivity index (χ1v) is 9.57. The van der Waals surface area contributed by atoms with E-state index in [2.05, 4.69) is 5.32 Å². The van der Waals surface area contributed by atoms with Crippen molar-refractivity contribution in [3.05, 3.63) is 53.8 Å². The van der Waals surface area contributed by atoms with Crippen LogP contribution in [0.3, 0.4) is 0 Å². The summed E-state index contributed by atoms with van der Waals surface area (Å²) >= 11 is 0. The topological polar surface area (TPSA) is 56.8 Å². The number of carbonyl (C=O) groups excluding carboxylic acids is 1. The Morgan fingerprint density at radius 3 is 2.50 bits per heavy atom. The lowest BCUT2D eigenvalue weighted by molar-refractivity contribution is -0.128. The minimum Gasteiger partial charge on any atom is -0.493 e. The second-order valence-corrected chi connectivity index (χ2v) is 6.28. The van der Waals surface area contributed by atoms with Crippen LogP contribution in [0.1, 0.15) is 32.3 Å². The maximum atomic E-state index is 13.0. The van der Waals surface area contributed by atoms with Crippen LogP contribution in [0.15, 0.2) is 42.5 Å². The molecule has 0 aliphatic carbocycles. The van der Waals surface area contributed by atoms with Crippen LogP contribution in [0.5, 0.6) is 17.2 Å². The van der Waals surface area contributed by atoms with Gasteiger partial charge in [0.05, 0.1) is 13.7 Å². The van der Waals surface area contributed by atoms with Crippen LogP contribution in [0.4, 0.5) is 4.39 Å². The number of halogens is 1. The molecular formula is C22H28FNO4. The number of carbonyl (C=O) groups is 1. The molecule has 0 heterocycles. The van der Waals surface area contributed by atoms with Gasteiger partial charge in [0.25, 0.3) is 5.91 Å². The number of rotatable bonds is 11. The minimum atomic E-state index is -0.601. The standard InChI is InChI=1S/C22H28FNO4/c1-4-19(28-18-11-9-17(23)10-12-18)22(25)24-14-6-7-16-8-13-20(27-5-2)21(15-16)26-3/h8-13,15,19H,4-7,14H2,1-3H3,(H,24,25). The fraction of sp³-hybridized carbons (Fsp3) is 0.409. The monoisotopic (exact) mass is 389 g/mol. The van der Waals surface area contributed by atoms with Crippen molar-refractivity contribution in [1.29, 1.82) is 0 Å². The normalized spacial score (nSPS) is 11.6. The van der Waals surface area contributed by atoms with Gasteiger partial charge in [-0.15, -0.1) is 0 Å². The maximum Gasteiger partial charge on any atom is 0.261 e. The average molecular weight is 389 g/mol. The van der Waals surface area contributed by atoms with Gasteiger partial charge >= 0.3 is 0 Å². The lowest BCUT2D eigenvalue weighted by atomic mass is 10.1. The molecular weight excluding hydrogens is 361 g/mol. The Labute approximate surface area is 165 Å². The number of aryl methyl sites for hydroxylation is 1. The number of nitrogens with one attached hydrogen (secondary N) is 1. The van der Waals surface area contributed by atoms with Gasteiger partial charge in [-0.05, 0) is 68.1 Å². The molecule has 0 bridgehead atoms. The number of hydrogen-bond acceptors (Lipinski definition) is 4. The summed E-state index contributed by atoms with van der Waals surface area (Å²) in [6.45, 7) is 4.93. The van der Waals surface area contributed by atoms with Crippen LogP contribution in [0, 0.1) is 5.82 Å². The Morgan fingerprint density at radius 1 is 1.11 bits per heavy atom. The summed E-state index contributed by atoms with van der Waals surface area (Å²) in [5, 5.41) is 2.90. The molecule has 1 unspecified atom stereocenters. The highest BCUT2D eigenvalue weighted by molar-refractivity contribution is 5.81. The first-order chi connectivity index (χ1) is 13.6. The maximum absolute atomic E-state index is 13.0. The number of benzene rings is 2. The zero-order valence-corrected chi connectivity index (χ0v) is 16.7. The minimum absolute atomic E-state index is 0.170. The van der Waals surface area contributed by atoms with E-state index in [1.165, 1.54) is 24.3 Å². The number of ether oxygens (including phenoxy) is 3. The Morgan fingerprint density at radius 2 is 1.86 bits per heavy atom. The summed E-state index contributed by atoms with van der Waals surface area (Å²) in [6, 6.07) is 11.5. The van der Waals surface area contributed by atoms with Crippen molar-refractivity contribution in [2.45, 2.75) is 39.2 Å². The molecule has 0 aromatic heterocycles. The van der Waals surface area contributed by atoms with E-state index >= 15 is 0 Å². The second kappa shape index (κ2) is 11.2. The van der Waals surface area contributed by atoms with Crippen molar-refractivity contribution in [2.24, 2.45) is 0 Å². The van der Waals surface area contributed by atoms with Crippen molar-refractivity contribution in [3.63, 3.8) is 0 Å². The van der Waals surface area contributed by atoms with E-state index in [1.807, 2.05) is 32.0 Å². The van der Waals surface area contributed by atoms with Gasteiger partial charge in [0.1, 0.15) is 11.6 Å². The molecule has 5 nitrogen and oxygen atoms in total. The Hall–Kier alpha value is -2.76. The highest BCUT2D eigenvalue weighted by Gasteiger charge is 2.17. The first-order valence-electron chi connectivity index (χ1n) is 9.57. The summed E-state index contributed by atoms with van der Waals surface area (Å²) < 4.78 is 29.5. The molecule has 0 aliphatic heterocycles. The van der Waals surface area contributed by atoms with Crippen LogP contribution >= 0.6 is 0 Å². The molecule has 1 atom stereocenters. The first kappa shape index (κ1) is 21.5. The molecule has 6 heteroatoms. The van der Waals surface area contributed by atoms with E-state index < -0.39 is 6.10 Å². The quantitative estimate of drug-likeness (QED) is 0.587. The van der Waals surface area contributed by atoms with Gasteiger partial charge in [0.15, 0.2) is 17.6 Å². The SMILES string of the molecule is CCOc1ccc(CCCNC(=O)C(CC)Oc2ccc(F)cc2)cc1OC. The largest absolute Gasteiger partial charge is 0.493 e. The number of hydrogen-bond donors (Lipinski definition) is 1. The molecule has 0 saturated carbocycles. The van der Waals surface area contributed by atoms with E-state index in [0.29, 0.717) is 31.1 Å². The van der Waals surface area contributed by atoms with Crippen molar-refractivity contribution < 1.29 is 23.4 Å². The molecule has 0 spiro atoms. The van der Waals surface area contributed by atoms with Crippen molar-refractivity contribution in [1.82, 2.24) is 5.32 Å². The summed E-state index contributed by atoms with van der Waals surface area (Å²) in [5.41, 5.74) is 1.11. The lowest BCUT2D eigenvalue weighted by Crippen LogP contribution is -2.38. The van der Waals surface area contributed by atoms with Crippen molar-refractivity contribution in [2.75, 3.05) is 20.3 Å². The van der Waals surface area contributed by atoms with Gasteiger partial charge in [0.2, 0.25) is 0 Å². The van der Waals surface area contributed by atoms with E-state index in [9.17, 15) is 9.18 Å². The lowest BCUT2D eigenvalue weighted by Gasteiger charge is -2.17. The molecule has 1 amide bonds. The molecule has 152 valence electrons. The van der Waals surface area contributed by atoms with Crippen LogP contribution in [-0.4, -0.2) is 32.3 Å². The Balaban J connectivity index is 1.80. The van der Waals surface area contributed by atoms with Gasteiger partial charge in [-0.2, -0.15) is 0 Å². The molecule has 0 fully saturated rings. The Kier molecular flexibility index (Phi) is 8.59. The molecule has 2 aromatic carbocycles. The summed E-state index contributed by atoms with van der Waals surface area (Å²) in [6.07, 6.45) is 1.52. The molecule has 2 aromatic rings. The van der Waals surface area contributed by atoms with Crippen LogP contribution < -0.4 is 19.5 Å². The summed E-state index contributed by atoms with van der Waals surface area (Å²) in [4.78, 5) is 12.3. The van der Waals surface area contributed by atoms with Gasteiger partial charge in [-0.3, -0.25) is 4.79 Å². The fourth-order valence-corrected chi connectivity index (χ4v) is 2.76. The van der Waals surface area contributed by atoms with Gasteiger partial charge in [-0.1, -0.05) is 13.0 Å². The average Bonchev–Trinajstić information content (AvgIpc) is 2.71. The summed E-state index contributed by atoms with van der Waals surface area (Å²) in [7, 11) is 1.62.